The number of carbonyl (C=O) groups excluding carboxylic acids is 2. The summed E-state index contributed by atoms with van der Waals surface area (Å²) in [5.41, 5.74) is 2.60. The number of carboxylic acids is 1. The quantitative estimate of drug-likeness (QED) is 0.498. The number of carboxylic acid groups (broad SMARTS) is 1. The molecule has 0 spiro atoms. The molecule has 0 bridgehead atoms. The van der Waals surface area contributed by atoms with Crippen molar-refractivity contribution in [2.75, 3.05) is 26.4 Å². The van der Waals surface area contributed by atoms with E-state index in [2.05, 4.69) is 10.4 Å². The van der Waals surface area contributed by atoms with Gasteiger partial charge in [0.25, 0.3) is 5.91 Å². The number of aromatic nitrogens is 2. The molecule has 32 heavy (non-hydrogen) atoms. The molecule has 0 saturated carbocycles. The number of fused-ring (bicyclic) bond motifs is 1. The topological polar surface area (TPSA) is 120 Å². The lowest BCUT2D eigenvalue weighted by atomic mass is 10.0. The van der Waals surface area contributed by atoms with Crippen molar-refractivity contribution in [3.63, 3.8) is 0 Å². The number of carbonyl (C=O) groups is 3. The van der Waals surface area contributed by atoms with Gasteiger partial charge in [0, 0.05) is 31.9 Å². The van der Waals surface area contributed by atoms with Crippen LogP contribution in [0.3, 0.4) is 0 Å². The van der Waals surface area contributed by atoms with E-state index in [1.165, 1.54) is 24.3 Å². The first-order chi connectivity index (χ1) is 15.5. The summed E-state index contributed by atoms with van der Waals surface area (Å²) in [6.07, 6.45) is 3.37. The van der Waals surface area contributed by atoms with Gasteiger partial charge in [-0.25, -0.2) is 9.59 Å². The molecule has 1 aromatic heterocycles. The van der Waals surface area contributed by atoms with E-state index in [0.29, 0.717) is 51.3 Å². The fourth-order valence-electron chi connectivity index (χ4n) is 3.68. The number of hydrogen-bond donors (Lipinski definition) is 2. The van der Waals surface area contributed by atoms with Crippen LogP contribution in [-0.4, -0.2) is 59.1 Å². The Kier molecular flexibility index (Phi) is 8.38. The fraction of sp³-hybridized carbons (Fsp3) is 0.478. The SMILES string of the molecule is CCn1nc(CCCOC(=O)c2cccc(C(=O)O)c2)c2c1C(=O)NCCCOCCC2. The molecule has 1 aromatic carbocycles. The van der Waals surface area contributed by atoms with Crippen molar-refractivity contribution in [2.45, 2.75) is 45.6 Å². The number of hydrogen-bond acceptors (Lipinski definition) is 6. The Morgan fingerprint density at radius 2 is 2.03 bits per heavy atom. The maximum atomic E-state index is 12.8. The Morgan fingerprint density at radius 1 is 1.25 bits per heavy atom. The molecule has 3 rings (SSSR count). The highest BCUT2D eigenvalue weighted by Crippen LogP contribution is 2.20. The van der Waals surface area contributed by atoms with Gasteiger partial charge in [-0.2, -0.15) is 5.10 Å². The van der Waals surface area contributed by atoms with Gasteiger partial charge in [-0.1, -0.05) is 6.07 Å². The monoisotopic (exact) mass is 443 g/mol. The average Bonchev–Trinajstić information content (AvgIpc) is 3.13. The summed E-state index contributed by atoms with van der Waals surface area (Å²) in [7, 11) is 0. The number of nitrogens with zero attached hydrogens (tertiary/aromatic N) is 2. The van der Waals surface area contributed by atoms with E-state index in [9.17, 15) is 14.4 Å². The van der Waals surface area contributed by atoms with Crippen LogP contribution in [0, 0.1) is 0 Å². The van der Waals surface area contributed by atoms with Gasteiger partial charge >= 0.3 is 11.9 Å². The van der Waals surface area contributed by atoms with E-state index < -0.39 is 11.9 Å². The highest BCUT2D eigenvalue weighted by Gasteiger charge is 2.23. The summed E-state index contributed by atoms with van der Waals surface area (Å²) in [5, 5.41) is 16.6. The lowest BCUT2D eigenvalue weighted by Crippen LogP contribution is -2.28. The number of nitrogens with one attached hydrogen (secondary N) is 1. The van der Waals surface area contributed by atoms with Gasteiger partial charge in [-0.15, -0.1) is 0 Å². The number of rotatable bonds is 7. The van der Waals surface area contributed by atoms with Crippen molar-refractivity contribution in [2.24, 2.45) is 0 Å². The van der Waals surface area contributed by atoms with E-state index in [1.807, 2.05) is 6.92 Å². The van der Waals surface area contributed by atoms with Gasteiger partial charge in [-0.05, 0) is 57.2 Å². The smallest absolute Gasteiger partial charge is 0.338 e. The predicted octanol–water partition coefficient (Wildman–Crippen LogP) is 2.47. The molecule has 0 aliphatic carbocycles. The second-order valence-electron chi connectivity index (χ2n) is 7.54. The molecule has 9 heteroatoms. The van der Waals surface area contributed by atoms with Crippen LogP contribution >= 0.6 is 0 Å². The lowest BCUT2D eigenvalue weighted by Gasteiger charge is -2.08. The fourth-order valence-corrected chi connectivity index (χ4v) is 3.68. The van der Waals surface area contributed by atoms with Crippen LogP contribution < -0.4 is 5.32 Å². The van der Waals surface area contributed by atoms with Crippen LogP contribution in [0.4, 0.5) is 0 Å². The second kappa shape index (κ2) is 11.4. The molecule has 0 atom stereocenters. The third kappa shape index (κ3) is 5.94. The number of esters is 1. The summed E-state index contributed by atoms with van der Waals surface area (Å²) in [5.74, 6) is -1.78. The van der Waals surface area contributed by atoms with Gasteiger partial charge in [0.15, 0.2) is 0 Å². The minimum atomic E-state index is -1.10. The first kappa shape index (κ1) is 23.5. The first-order valence-corrected chi connectivity index (χ1v) is 11.0. The Morgan fingerprint density at radius 3 is 2.81 bits per heavy atom. The van der Waals surface area contributed by atoms with Crippen molar-refractivity contribution in [1.29, 1.82) is 0 Å². The Hall–Kier alpha value is -3.20. The average molecular weight is 444 g/mol. The van der Waals surface area contributed by atoms with E-state index in [-0.39, 0.29) is 23.6 Å². The molecule has 0 radical (unpaired) electrons. The van der Waals surface area contributed by atoms with Crippen molar-refractivity contribution >= 4 is 17.8 Å². The van der Waals surface area contributed by atoms with Crippen LogP contribution in [0.2, 0.25) is 0 Å². The molecular formula is C23H29N3O6. The van der Waals surface area contributed by atoms with Crippen LogP contribution in [0.15, 0.2) is 24.3 Å². The third-order valence-electron chi connectivity index (χ3n) is 5.25. The molecule has 1 aliphatic rings. The Labute approximate surface area is 186 Å². The molecule has 1 aliphatic heterocycles. The molecule has 1 amide bonds. The van der Waals surface area contributed by atoms with Crippen molar-refractivity contribution in [3.8, 4) is 0 Å². The normalized spacial score (nSPS) is 14.7. The van der Waals surface area contributed by atoms with Crippen molar-refractivity contribution in [3.05, 3.63) is 52.3 Å². The maximum absolute atomic E-state index is 12.8. The van der Waals surface area contributed by atoms with Gasteiger partial charge in [0.1, 0.15) is 5.69 Å². The first-order valence-electron chi connectivity index (χ1n) is 11.0. The number of aromatic carboxylic acids is 1. The number of amides is 1. The molecule has 2 heterocycles. The van der Waals surface area contributed by atoms with Gasteiger partial charge in [0.2, 0.25) is 0 Å². The Balaban J connectivity index is 1.64. The predicted molar refractivity (Wildman–Crippen MR) is 116 cm³/mol. The molecule has 0 unspecified atom stereocenters. The largest absolute Gasteiger partial charge is 0.478 e. The lowest BCUT2D eigenvalue weighted by molar-refractivity contribution is 0.0500. The van der Waals surface area contributed by atoms with Crippen molar-refractivity contribution in [1.82, 2.24) is 15.1 Å². The zero-order valence-corrected chi connectivity index (χ0v) is 18.3. The molecular weight excluding hydrogens is 414 g/mol. The molecule has 2 aromatic rings. The van der Waals surface area contributed by atoms with Gasteiger partial charge in [0.05, 0.1) is 23.4 Å². The van der Waals surface area contributed by atoms with E-state index in [4.69, 9.17) is 14.6 Å². The van der Waals surface area contributed by atoms with Crippen LogP contribution in [0.5, 0.6) is 0 Å². The number of ether oxygens (including phenoxy) is 2. The summed E-state index contributed by atoms with van der Waals surface area (Å²) >= 11 is 0. The summed E-state index contributed by atoms with van der Waals surface area (Å²) in [6, 6.07) is 5.75. The summed E-state index contributed by atoms with van der Waals surface area (Å²) in [4.78, 5) is 36.1. The van der Waals surface area contributed by atoms with Crippen molar-refractivity contribution < 1.29 is 29.0 Å². The second-order valence-corrected chi connectivity index (χ2v) is 7.54. The number of aryl methyl sites for hydroxylation is 2. The van der Waals surface area contributed by atoms with Gasteiger partial charge in [-0.3, -0.25) is 9.48 Å². The summed E-state index contributed by atoms with van der Waals surface area (Å²) in [6.45, 7) is 4.52. The number of benzene rings is 1. The third-order valence-corrected chi connectivity index (χ3v) is 5.25. The molecule has 9 nitrogen and oxygen atoms in total. The minimum Gasteiger partial charge on any atom is -0.478 e. The molecule has 0 saturated heterocycles. The van der Waals surface area contributed by atoms with Crippen LogP contribution in [-0.2, 0) is 28.9 Å². The molecule has 0 fully saturated rings. The summed E-state index contributed by atoms with van der Waals surface area (Å²) < 4.78 is 12.7. The standard InChI is InChI=1S/C23H29N3O6/c1-2-26-20-18(9-4-12-31-13-6-11-24-21(20)27)19(25-26)10-5-14-32-23(30)17-8-3-7-16(15-17)22(28)29/h3,7-8,15H,2,4-6,9-14H2,1H3,(H,24,27)(H,28,29). The minimum absolute atomic E-state index is 0.0351. The van der Waals surface area contributed by atoms with E-state index in [0.717, 1.165) is 24.1 Å². The Bertz CT molecular complexity index is 969. The zero-order chi connectivity index (χ0) is 22.9. The maximum Gasteiger partial charge on any atom is 0.338 e. The van der Waals surface area contributed by atoms with Crippen LogP contribution in [0.25, 0.3) is 0 Å². The van der Waals surface area contributed by atoms with E-state index in [1.54, 1.807) is 4.68 Å². The van der Waals surface area contributed by atoms with Crippen LogP contribution in [0.1, 0.15) is 68.6 Å². The molecule has 2 N–H and O–H groups in total. The molecule has 172 valence electrons. The van der Waals surface area contributed by atoms with Gasteiger partial charge < -0.3 is 19.9 Å². The zero-order valence-electron chi connectivity index (χ0n) is 18.3. The van der Waals surface area contributed by atoms with E-state index >= 15 is 0 Å². The highest BCUT2D eigenvalue weighted by atomic mass is 16.5. The highest BCUT2D eigenvalue weighted by molar-refractivity contribution is 5.95.